The lowest BCUT2D eigenvalue weighted by Crippen LogP contribution is -2.40. The second kappa shape index (κ2) is 8.05. The third-order valence-corrected chi connectivity index (χ3v) is 7.02. The number of rotatable bonds is 5. The van der Waals surface area contributed by atoms with Gasteiger partial charge in [0.2, 0.25) is 0 Å². The van der Waals surface area contributed by atoms with Gasteiger partial charge in [0, 0.05) is 6.07 Å². The van der Waals surface area contributed by atoms with Gasteiger partial charge in [-0.25, -0.2) is 19.3 Å². The number of piperidine rings is 1. The Balaban J connectivity index is 2.01. The Morgan fingerprint density at radius 3 is 2.39 bits per heavy atom. The fraction of sp³-hybridized carbons (Fsp3) is 0.278. The zero-order chi connectivity index (χ0) is 20.3. The molecule has 0 saturated carbocycles. The van der Waals surface area contributed by atoms with Gasteiger partial charge in [-0.15, -0.1) is 0 Å². The van der Waals surface area contributed by atoms with Crippen molar-refractivity contribution in [2.75, 3.05) is 18.1 Å². The molecule has 2 aromatic carbocycles. The molecule has 9 nitrogen and oxygen atoms in total. The Labute approximate surface area is 162 Å². The van der Waals surface area contributed by atoms with Gasteiger partial charge in [0.05, 0.1) is 20.6 Å². The Bertz CT molecular complexity index is 1000. The Morgan fingerprint density at radius 1 is 1.11 bits per heavy atom. The molecule has 1 saturated heterocycles. The van der Waals surface area contributed by atoms with E-state index in [-0.39, 0.29) is 21.8 Å². The summed E-state index contributed by atoms with van der Waals surface area (Å²) >= 11 is 0. The highest BCUT2D eigenvalue weighted by Gasteiger charge is 2.33. The minimum Gasteiger partial charge on any atom is -0.317 e. The van der Waals surface area contributed by atoms with E-state index in [2.05, 4.69) is 5.32 Å². The van der Waals surface area contributed by atoms with Crippen molar-refractivity contribution in [1.29, 1.82) is 0 Å². The summed E-state index contributed by atoms with van der Waals surface area (Å²) in [6, 6.07) is 11.3. The molecule has 3 N–H and O–H groups in total. The first-order chi connectivity index (χ1) is 13.3. The maximum absolute atomic E-state index is 13.1. The first-order valence-electron chi connectivity index (χ1n) is 8.70. The van der Waals surface area contributed by atoms with Crippen LogP contribution in [0.3, 0.4) is 0 Å². The van der Waals surface area contributed by atoms with Crippen LogP contribution in [0.2, 0.25) is 0 Å². The highest BCUT2D eigenvalue weighted by Crippen LogP contribution is 2.30. The van der Waals surface area contributed by atoms with Gasteiger partial charge in [-0.1, -0.05) is 24.3 Å². The van der Waals surface area contributed by atoms with E-state index in [4.69, 9.17) is 5.84 Å². The summed E-state index contributed by atoms with van der Waals surface area (Å²) in [5.74, 6) is 5.04. The smallest absolute Gasteiger partial charge is 0.294 e. The monoisotopic (exact) mass is 404 g/mol. The third-order valence-electron chi connectivity index (χ3n) is 4.71. The fourth-order valence-electron chi connectivity index (χ4n) is 3.24. The van der Waals surface area contributed by atoms with Crippen LogP contribution in [0.4, 0.5) is 11.4 Å². The van der Waals surface area contributed by atoms with E-state index in [9.17, 15) is 23.3 Å². The van der Waals surface area contributed by atoms with Crippen LogP contribution in [-0.2, 0) is 9.84 Å². The van der Waals surface area contributed by atoms with Crippen LogP contribution in [0.1, 0.15) is 23.2 Å². The summed E-state index contributed by atoms with van der Waals surface area (Å²) in [5, 5.41) is 14.4. The number of carbonyl (C=O) groups excluding carboxylic acids is 1. The minimum absolute atomic E-state index is 0.110. The van der Waals surface area contributed by atoms with Crippen molar-refractivity contribution in [3.05, 3.63) is 64.2 Å². The molecule has 1 amide bonds. The maximum atomic E-state index is 13.1. The van der Waals surface area contributed by atoms with E-state index in [0.717, 1.165) is 0 Å². The lowest BCUT2D eigenvalue weighted by atomic mass is 10.1. The van der Waals surface area contributed by atoms with Gasteiger partial charge < -0.3 is 5.32 Å². The number of hydrogen-bond donors (Lipinski definition) is 2. The molecule has 2 aromatic rings. The van der Waals surface area contributed by atoms with Gasteiger partial charge in [0.25, 0.3) is 11.6 Å². The number of carbonyl (C=O) groups is 1. The molecular weight excluding hydrogens is 384 g/mol. The number of nitrogens with zero attached hydrogens (tertiary/aromatic N) is 2. The standard InChI is InChI=1S/C18H20N4O5S/c19-21(15-6-2-3-7-16(15)22(24)25)18(23)14-5-1-4-8-17(14)28(26,27)13-9-11-20-12-10-13/h1-8,13,20H,9-12,19H2. The van der Waals surface area contributed by atoms with Crippen LogP contribution in [0.5, 0.6) is 0 Å². The molecule has 1 heterocycles. The number of nitrogens with two attached hydrogens (primary N) is 1. The highest BCUT2D eigenvalue weighted by molar-refractivity contribution is 7.92. The van der Waals surface area contributed by atoms with Crippen molar-refractivity contribution in [3.63, 3.8) is 0 Å². The Morgan fingerprint density at radius 2 is 1.71 bits per heavy atom. The second-order valence-electron chi connectivity index (χ2n) is 6.41. The van der Waals surface area contributed by atoms with Crippen LogP contribution in [0, 0.1) is 10.1 Å². The van der Waals surface area contributed by atoms with Gasteiger partial charge in [0.15, 0.2) is 9.84 Å². The van der Waals surface area contributed by atoms with Gasteiger partial charge in [0.1, 0.15) is 5.69 Å². The van der Waals surface area contributed by atoms with Crippen LogP contribution in [0.15, 0.2) is 53.4 Å². The number of nitro groups is 1. The van der Waals surface area contributed by atoms with E-state index in [1.54, 1.807) is 0 Å². The van der Waals surface area contributed by atoms with Crippen molar-refractivity contribution in [3.8, 4) is 0 Å². The lowest BCUT2D eigenvalue weighted by molar-refractivity contribution is -0.384. The number of amides is 1. The number of hydrazine groups is 1. The molecule has 0 spiro atoms. The molecule has 28 heavy (non-hydrogen) atoms. The minimum atomic E-state index is -3.76. The van der Waals surface area contributed by atoms with Crippen LogP contribution in [0.25, 0.3) is 0 Å². The summed E-state index contributed by atoms with van der Waals surface area (Å²) in [7, 11) is -3.76. The number of nitrogens with one attached hydrogen (secondary N) is 1. The molecule has 1 fully saturated rings. The Hall–Kier alpha value is -2.82. The van der Waals surface area contributed by atoms with Crippen molar-refractivity contribution in [1.82, 2.24) is 5.32 Å². The summed E-state index contributed by atoms with van der Waals surface area (Å²) in [6.45, 7) is 1.17. The van der Waals surface area contributed by atoms with Gasteiger partial charge >= 0.3 is 0 Å². The molecule has 148 valence electrons. The third kappa shape index (κ3) is 3.75. The molecule has 0 aliphatic carbocycles. The summed E-state index contributed by atoms with van der Waals surface area (Å²) in [4.78, 5) is 23.4. The van der Waals surface area contributed by atoms with Crippen LogP contribution < -0.4 is 16.2 Å². The summed E-state index contributed by atoms with van der Waals surface area (Å²) in [5.41, 5.74) is -0.578. The molecule has 0 unspecified atom stereocenters. The normalized spacial score (nSPS) is 15.2. The first-order valence-corrected chi connectivity index (χ1v) is 10.2. The quantitative estimate of drug-likeness (QED) is 0.335. The first kappa shape index (κ1) is 19.9. The molecule has 3 rings (SSSR count). The molecule has 10 heteroatoms. The zero-order valence-corrected chi connectivity index (χ0v) is 15.8. The maximum Gasteiger partial charge on any atom is 0.294 e. The number of anilines is 1. The molecule has 0 aromatic heterocycles. The topological polar surface area (TPSA) is 136 Å². The fourth-order valence-corrected chi connectivity index (χ4v) is 5.18. The molecular formula is C18H20N4O5S. The highest BCUT2D eigenvalue weighted by atomic mass is 32.2. The van der Waals surface area contributed by atoms with E-state index >= 15 is 0 Å². The average Bonchev–Trinajstić information content (AvgIpc) is 2.73. The van der Waals surface area contributed by atoms with Crippen molar-refractivity contribution in [2.45, 2.75) is 23.0 Å². The number of para-hydroxylation sites is 2. The number of hydrogen-bond acceptors (Lipinski definition) is 7. The average molecular weight is 404 g/mol. The van der Waals surface area contributed by atoms with Crippen molar-refractivity contribution in [2.24, 2.45) is 5.84 Å². The zero-order valence-electron chi connectivity index (χ0n) is 14.9. The number of benzene rings is 2. The largest absolute Gasteiger partial charge is 0.317 e. The SMILES string of the molecule is NN(C(=O)c1ccccc1S(=O)(=O)C1CCNCC1)c1ccccc1[N+](=O)[O-]. The van der Waals surface area contributed by atoms with E-state index < -0.39 is 25.9 Å². The Kier molecular flexibility index (Phi) is 5.73. The molecule has 0 radical (unpaired) electrons. The molecule has 1 aliphatic heterocycles. The van der Waals surface area contributed by atoms with Crippen molar-refractivity contribution >= 4 is 27.1 Å². The van der Waals surface area contributed by atoms with E-state index in [0.29, 0.717) is 30.9 Å². The predicted molar refractivity (Wildman–Crippen MR) is 104 cm³/mol. The molecule has 0 atom stereocenters. The van der Waals surface area contributed by atoms with Gasteiger partial charge in [-0.2, -0.15) is 0 Å². The number of sulfone groups is 1. The summed E-state index contributed by atoms with van der Waals surface area (Å²) in [6.07, 6.45) is 0.892. The second-order valence-corrected chi connectivity index (χ2v) is 8.61. The van der Waals surface area contributed by atoms with Crippen LogP contribution in [-0.4, -0.2) is 37.6 Å². The number of nitro benzene ring substituents is 1. The van der Waals surface area contributed by atoms with Gasteiger partial charge in [-0.05, 0) is 44.1 Å². The van der Waals surface area contributed by atoms with Gasteiger partial charge in [-0.3, -0.25) is 14.9 Å². The van der Waals surface area contributed by atoms with Crippen molar-refractivity contribution < 1.29 is 18.1 Å². The molecule has 1 aliphatic rings. The van der Waals surface area contributed by atoms with E-state index in [1.807, 2.05) is 0 Å². The van der Waals surface area contributed by atoms with Crippen LogP contribution >= 0.6 is 0 Å². The van der Waals surface area contributed by atoms with E-state index in [1.165, 1.54) is 48.5 Å². The molecule has 0 bridgehead atoms. The lowest BCUT2D eigenvalue weighted by Gasteiger charge is -2.24. The summed E-state index contributed by atoms with van der Waals surface area (Å²) < 4.78 is 26.2. The predicted octanol–water partition coefficient (Wildman–Crippen LogP) is 1.64.